The summed E-state index contributed by atoms with van der Waals surface area (Å²) in [4.78, 5) is 11.8. The first kappa shape index (κ1) is 15.1. The number of carboxylic acid groups (broad SMARTS) is 1. The molecule has 1 aliphatic rings. The Morgan fingerprint density at radius 2 is 2.00 bits per heavy atom. The van der Waals surface area contributed by atoms with Crippen molar-refractivity contribution in [3.8, 4) is 0 Å². The summed E-state index contributed by atoms with van der Waals surface area (Å²) in [5.74, 6) is 0.111. The molecule has 3 unspecified atom stereocenters. The third kappa shape index (κ3) is 3.41. The number of benzene rings is 1. The van der Waals surface area contributed by atoms with E-state index in [1.807, 2.05) is 12.1 Å². The van der Waals surface area contributed by atoms with Crippen LogP contribution in [-0.4, -0.2) is 11.1 Å². The second kappa shape index (κ2) is 6.92. The van der Waals surface area contributed by atoms with Gasteiger partial charge in [-0.05, 0) is 42.7 Å². The van der Waals surface area contributed by atoms with Crippen LogP contribution in [0, 0.1) is 24.7 Å². The number of carbonyl (C=O) groups is 1. The molecule has 1 N–H and O–H groups in total. The van der Waals surface area contributed by atoms with Gasteiger partial charge in [-0.25, -0.2) is 0 Å². The molecule has 0 aliphatic heterocycles. The maximum atomic E-state index is 11.8. The Hall–Kier alpha value is -1.31. The molecule has 2 heteroatoms. The fourth-order valence-electron chi connectivity index (χ4n) is 3.77. The first-order chi connectivity index (χ1) is 9.63. The minimum Gasteiger partial charge on any atom is -0.481 e. The molecule has 0 amide bonds. The highest BCUT2D eigenvalue weighted by Crippen LogP contribution is 2.38. The Kier molecular flexibility index (Phi) is 5.22. The van der Waals surface area contributed by atoms with Crippen molar-refractivity contribution in [2.75, 3.05) is 0 Å². The predicted molar refractivity (Wildman–Crippen MR) is 81.7 cm³/mol. The van der Waals surface area contributed by atoms with Crippen molar-refractivity contribution in [1.82, 2.24) is 0 Å². The maximum absolute atomic E-state index is 11.8. The summed E-state index contributed by atoms with van der Waals surface area (Å²) in [6.07, 6.45) is 6.55. The third-order valence-corrected chi connectivity index (χ3v) is 5.03. The van der Waals surface area contributed by atoms with Crippen LogP contribution in [0.5, 0.6) is 0 Å². The second-order valence-electron chi connectivity index (χ2n) is 6.19. The number of hydrogen-bond acceptors (Lipinski definition) is 1. The molecule has 1 aromatic carbocycles. The van der Waals surface area contributed by atoms with Crippen molar-refractivity contribution in [1.29, 1.82) is 0 Å². The first-order valence-corrected chi connectivity index (χ1v) is 7.90. The Bertz CT molecular complexity index is 452. The molecule has 1 aliphatic carbocycles. The van der Waals surface area contributed by atoms with Gasteiger partial charge in [-0.2, -0.15) is 0 Å². The molecule has 0 aromatic heterocycles. The quantitative estimate of drug-likeness (QED) is 0.861. The van der Waals surface area contributed by atoms with Crippen molar-refractivity contribution in [3.63, 3.8) is 0 Å². The van der Waals surface area contributed by atoms with Gasteiger partial charge in [0.25, 0.3) is 0 Å². The van der Waals surface area contributed by atoms with Crippen LogP contribution in [0.2, 0.25) is 0 Å². The molecule has 0 radical (unpaired) electrons. The van der Waals surface area contributed by atoms with E-state index in [2.05, 4.69) is 26.0 Å². The number of hydrogen-bond donors (Lipinski definition) is 1. The monoisotopic (exact) mass is 274 g/mol. The van der Waals surface area contributed by atoms with Gasteiger partial charge in [0, 0.05) is 0 Å². The Morgan fingerprint density at radius 1 is 1.30 bits per heavy atom. The van der Waals surface area contributed by atoms with Gasteiger partial charge in [-0.3, -0.25) is 4.79 Å². The van der Waals surface area contributed by atoms with Gasteiger partial charge in [0.05, 0.1) is 5.92 Å². The standard InChI is InChI=1S/C18H26O2/c1-3-14-9-6-7-11-16(14)17(18(19)20)12-15-10-5-4-8-13(15)2/h4-5,8,10,14,16-17H,3,6-7,9,11-12H2,1-2H3,(H,19,20). The van der Waals surface area contributed by atoms with Crippen LogP contribution in [0.25, 0.3) is 0 Å². The summed E-state index contributed by atoms with van der Waals surface area (Å²) in [7, 11) is 0. The molecule has 20 heavy (non-hydrogen) atoms. The first-order valence-electron chi connectivity index (χ1n) is 7.90. The summed E-state index contributed by atoms with van der Waals surface area (Å²) >= 11 is 0. The number of aliphatic carboxylic acids is 1. The molecule has 2 rings (SSSR count). The van der Waals surface area contributed by atoms with Crippen LogP contribution in [0.3, 0.4) is 0 Å². The van der Waals surface area contributed by atoms with Crippen LogP contribution in [0.4, 0.5) is 0 Å². The molecule has 2 nitrogen and oxygen atoms in total. The fourth-order valence-corrected chi connectivity index (χ4v) is 3.77. The van der Waals surface area contributed by atoms with E-state index < -0.39 is 5.97 Å². The molecule has 3 atom stereocenters. The maximum Gasteiger partial charge on any atom is 0.307 e. The van der Waals surface area contributed by atoms with Gasteiger partial charge in [-0.15, -0.1) is 0 Å². The molecule has 1 aromatic rings. The average Bonchev–Trinajstić information content (AvgIpc) is 2.46. The van der Waals surface area contributed by atoms with Gasteiger partial charge in [0.15, 0.2) is 0 Å². The van der Waals surface area contributed by atoms with Gasteiger partial charge in [0.2, 0.25) is 0 Å². The smallest absolute Gasteiger partial charge is 0.307 e. The van der Waals surface area contributed by atoms with Crippen molar-refractivity contribution in [3.05, 3.63) is 35.4 Å². The van der Waals surface area contributed by atoms with E-state index in [1.165, 1.54) is 30.4 Å². The van der Waals surface area contributed by atoms with E-state index in [0.717, 1.165) is 12.8 Å². The molecule has 1 fully saturated rings. The minimum absolute atomic E-state index is 0.221. The largest absolute Gasteiger partial charge is 0.481 e. The van der Waals surface area contributed by atoms with E-state index >= 15 is 0 Å². The van der Waals surface area contributed by atoms with Gasteiger partial charge in [0.1, 0.15) is 0 Å². The zero-order valence-electron chi connectivity index (χ0n) is 12.6. The lowest BCUT2D eigenvalue weighted by Gasteiger charge is -2.35. The fraction of sp³-hybridized carbons (Fsp3) is 0.611. The zero-order valence-corrected chi connectivity index (χ0v) is 12.6. The van der Waals surface area contributed by atoms with Crippen molar-refractivity contribution in [2.24, 2.45) is 17.8 Å². The number of carboxylic acids is 1. The predicted octanol–water partition coefficient (Wildman–Crippen LogP) is 4.45. The van der Waals surface area contributed by atoms with Gasteiger partial charge < -0.3 is 5.11 Å². The lowest BCUT2D eigenvalue weighted by atomic mass is 9.69. The average molecular weight is 274 g/mol. The Balaban J connectivity index is 2.18. The highest BCUT2D eigenvalue weighted by atomic mass is 16.4. The molecular weight excluding hydrogens is 248 g/mol. The lowest BCUT2D eigenvalue weighted by Crippen LogP contribution is -2.33. The zero-order chi connectivity index (χ0) is 14.5. The minimum atomic E-state index is -0.612. The summed E-state index contributed by atoms with van der Waals surface area (Å²) < 4.78 is 0. The molecule has 0 heterocycles. The van der Waals surface area contributed by atoms with Crippen molar-refractivity contribution in [2.45, 2.75) is 52.4 Å². The van der Waals surface area contributed by atoms with Crippen LogP contribution < -0.4 is 0 Å². The highest BCUT2D eigenvalue weighted by Gasteiger charge is 2.35. The van der Waals surface area contributed by atoms with Crippen molar-refractivity contribution >= 4 is 5.97 Å². The second-order valence-corrected chi connectivity index (χ2v) is 6.19. The molecule has 1 saturated carbocycles. The van der Waals surface area contributed by atoms with E-state index in [1.54, 1.807) is 0 Å². The molecule has 110 valence electrons. The topological polar surface area (TPSA) is 37.3 Å². The van der Waals surface area contributed by atoms with E-state index in [-0.39, 0.29) is 5.92 Å². The van der Waals surface area contributed by atoms with Crippen LogP contribution in [0.1, 0.15) is 50.2 Å². The van der Waals surface area contributed by atoms with Crippen LogP contribution >= 0.6 is 0 Å². The van der Waals surface area contributed by atoms with Gasteiger partial charge in [-0.1, -0.05) is 56.9 Å². The van der Waals surface area contributed by atoms with Crippen molar-refractivity contribution < 1.29 is 9.90 Å². The Morgan fingerprint density at radius 3 is 2.65 bits per heavy atom. The SMILES string of the molecule is CCC1CCCCC1C(Cc1ccccc1C)C(=O)O. The number of rotatable bonds is 5. The van der Waals surface area contributed by atoms with Crippen LogP contribution in [-0.2, 0) is 11.2 Å². The molecule has 0 spiro atoms. The summed E-state index contributed by atoms with van der Waals surface area (Å²) in [5, 5.41) is 9.69. The summed E-state index contributed by atoms with van der Waals surface area (Å²) in [6, 6.07) is 8.19. The number of aryl methyl sites for hydroxylation is 1. The third-order valence-electron chi connectivity index (χ3n) is 5.03. The highest BCUT2D eigenvalue weighted by molar-refractivity contribution is 5.71. The van der Waals surface area contributed by atoms with Gasteiger partial charge >= 0.3 is 5.97 Å². The normalized spacial score (nSPS) is 24.3. The van der Waals surface area contributed by atoms with Crippen LogP contribution in [0.15, 0.2) is 24.3 Å². The van der Waals surface area contributed by atoms with E-state index in [9.17, 15) is 9.90 Å². The molecule has 0 bridgehead atoms. The molecule has 0 saturated heterocycles. The lowest BCUT2D eigenvalue weighted by molar-refractivity contribution is -0.145. The van der Waals surface area contributed by atoms with E-state index in [4.69, 9.17) is 0 Å². The van der Waals surface area contributed by atoms with E-state index in [0.29, 0.717) is 18.3 Å². The Labute approximate surface area is 122 Å². The summed E-state index contributed by atoms with van der Waals surface area (Å²) in [5.41, 5.74) is 2.41. The molecular formula is C18H26O2. The summed E-state index contributed by atoms with van der Waals surface area (Å²) in [6.45, 7) is 4.28.